The highest BCUT2D eigenvalue weighted by atomic mass is 35.5. The smallest absolute Gasteiger partial charge is 0.306 e. The molecule has 0 saturated heterocycles. The van der Waals surface area contributed by atoms with Crippen molar-refractivity contribution in [3.8, 4) is 0 Å². The van der Waals surface area contributed by atoms with Crippen LogP contribution in [-0.4, -0.2) is 33.7 Å². The van der Waals surface area contributed by atoms with Crippen molar-refractivity contribution in [1.82, 2.24) is 14.5 Å². The van der Waals surface area contributed by atoms with Gasteiger partial charge in [0, 0.05) is 13.1 Å². The highest BCUT2D eigenvalue weighted by Gasteiger charge is 2.33. The summed E-state index contributed by atoms with van der Waals surface area (Å²) in [6, 6.07) is 4.16. The van der Waals surface area contributed by atoms with Gasteiger partial charge in [0.25, 0.3) is 5.56 Å². The predicted molar refractivity (Wildman–Crippen MR) is 86.8 cm³/mol. The summed E-state index contributed by atoms with van der Waals surface area (Å²) in [5, 5.41) is 2.32. The third-order valence-electron chi connectivity index (χ3n) is 3.14. The molecule has 134 valence electrons. The monoisotopic (exact) mass is 372 g/mol. The number of nitrogens with zero attached hydrogens (tertiary/aromatic N) is 3. The van der Waals surface area contributed by atoms with E-state index in [2.05, 4.69) is 15.3 Å². The molecule has 0 spiro atoms. The number of rotatable bonds is 7. The number of hydrogen-bond acceptors (Lipinski definition) is 6. The lowest BCUT2D eigenvalue weighted by Gasteiger charge is -2.17. The molecule has 0 unspecified atom stereocenters. The number of anilines is 1. The lowest BCUT2D eigenvalue weighted by molar-refractivity contribution is -0.141. The van der Waals surface area contributed by atoms with Crippen LogP contribution in [0.1, 0.15) is 12.6 Å². The molecule has 0 aliphatic rings. The Morgan fingerprint density at radius 3 is 2.80 bits per heavy atom. The summed E-state index contributed by atoms with van der Waals surface area (Å²) in [6.45, 7) is 0.259. The van der Waals surface area contributed by atoms with Crippen LogP contribution in [-0.2, 0) is 22.0 Å². The minimum atomic E-state index is -3.29. The molecular weight excluding hydrogens is 358 g/mol. The van der Waals surface area contributed by atoms with Gasteiger partial charge in [-0.1, -0.05) is 17.7 Å². The molecule has 7 nitrogen and oxygen atoms in total. The minimum absolute atomic E-state index is 0.000752. The Morgan fingerprint density at radius 1 is 1.40 bits per heavy atom. The predicted octanol–water partition coefficient (Wildman–Crippen LogP) is 2.06. The number of pyridine rings is 1. The van der Waals surface area contributed by atoms with Crippen LogP contribution in [0.4, 0.5) is 14.6 Å². The first-order valence-electron chi connectivity index (χ1n) is 7.23. The van der Waals surface area contributed by atoms with E-state index in [9.17, 15) is 18.4 Å². The lowest BCUT2D eigenvalue weighted by atomic mass is 10.2. The number of nitrogens with one attached hydrogen (secondary N) is 1. The first-order valence-corrected chi connectivity index (χ1v) is 7.61. The molecule has 0 fully saturated rings. The first kappa shape index (κ1) is 18.8. The van der Waals surface area contributed by atoms with Crippen LogP contribution in [0.15, 0.2) is 35.4 Å². The molecular formula is C15H15ClF2N4O3. The maximum absolute atomic E-state index is 14.1. The van der Waals surface area contributed by atoms with Gasteiger partial charge in [-0.05, 0) is 12.1 Å². The molecule has 2 aromatic rings. The molecule has 0 aliphatic carbocycles. The van der Waals surface area contributed by atoms with Gasteiger partial charge in [-0.25, -0.2) is 4.98 Å². The fourth-order valence-corrected chi connectivity index (χ4v) is 2.15. The molecule has 0 bridgehead atoms. The van der Waals surface area contributed by atoms with E-state index in [1.165, 1.54) is 31.3 Å². The molecule has 2 aromatic heterocycles. The van der Waals surface area contributed by atoms with Crippen LogP contribution in [0.25, 0.3) is 0 Å². The largest absolute Gasteiger partial charge is 0.464 e. The van der Waals surface area contributed by atoms with Crippen molar-refractivity contribution in [2.75, 3.05) is 18.5 Å². The van der Waals surface area contributed by atoms with Gasteiger partial charge < -0.3 is 10.1 Å². The van der Waals surface area contributed by atoms with Gasteiger partial charge >= 0.3 is 11.9 Å². The molecule has 0 aliphatic heterocycles. The zero-order valence-electron chi connectivity index (χ0n) is 13.2. The van der Waals surface area contributed by atoms with Crippen molar-refractivity contribution in [2.45, 2.75) is 19.4 Å². The van der Waals surface area contributed by atoms with Gasteiger partial charge in [0.05, 0.1) is 19.3 Å². The number of carbonyl (C=O) groups is 1. The van der Waals surface area contributed by atoms with Gasteiger partial charge in [-0.2, -0.15) is 8.78 Å². The normalized spacial score (nSPS) is 11.2. The third kappa shape index (κ3) is 4.96. The number of carbonyl (C=O) groups excluding carboxylic acids is 1. The standard InChI is InChI=1S/C15H15ClF2N4O3/c1-10(23)25-7-6-22-12(16)8-20-13(14(22)24)21-9-15(17,18)11-4-2-3-5-19-11/h2-5,8H,6-7,9H2,1H3,(H,20,21). The van der Waals surface area contributed by atoms with Gasteiger partial charge in [-0.15, -0.1) is 0 Å². The molecule has 10 heteroatoms. The Balaban J connectivity index is 2.12. The summed E-state index contributed by atoms with van der Waals surface area (Å²) in [4.78, 5) is 30.4. The van der Waals surface area contributed by atoms with E-state index in [-0.39, 0.29) is 24.1 Å². The van der Waals surface area contributed by atoms with Gasteiger partial charge in [0.15, 0.2) is 5.82 Å². The van der Waals surface area contributed by atoms with Crippen LogP contribution in [0.2, 0.25) is 5.15 Å². The Kier molecular flexibility index (Phi) is 6.02. The van der Waals surface area contributed by atoms with Crippen LogP contribution in [0.3, 0.4) is 0 Å². The number of alkyl halides is 2. The van der Waals surface area contributed by atoms with E-state index in [1.807, 2.05) is 0 Å². The topological polar surface area (TPSA) is 86.1 Å². The molecule has 2 rings (SSSR count). The Labute approximate surface area is 146 Å². The molecule has 0 aromatic carbocycles. The van der Waals surface area contributed by atoms with E-state index in [0.29, 0.717) is 0 Å². The number of aromatic nitrogens is 3. The summed E-state index contributed by atoms with van der Waals surface area (Å²) in [7, 11) is 0. The van der Waals surface area contributed by atoms with Crippen molar-refractivity contribution in [2.24, 2.45) is 0 Å². The van der Waals surface area contributed by atoms with Crippen LogP contribution >= 0.6 is 11.6 Å². The van der Waals surface area contributed by atoms with Crippen LogP contribution in [0, 0.1) is 0 Å². The SMILES string of the molecule is CC(=O)OCCn1c(Cl)cnc(NCC(F)(F)c2ccccn2)c1=O. The first-order chi connectivity index (χ1) is 11.8. The van der Waals surface area contributed by atoms with E-state index >= 15 is 0 Å². The van der Waals surface area contributed by atoms with Gasteiger partial charge in [0.1, 0.15) is 17.5 Å². The minimum Gasteiger partial charge on any atom is -0.464 e. The summed E-state index contributed by atoms with van der Waals surface area (Å²) < 4.78 is 34.0. The zero-order chi connectivity index (χ0) is 18.4. The number of hydrogen-bond donors (Lipinski definition) is 1. The molecule has 0 radical (unpaired) electrons. The van der Waals surface area contributed by atoms with Crippen molar-refractivity contribution in [1.29, 1.82) is 0 Å². The molecule has 2 heterocycles. The molecule has 0 saturated carbocycles. The second kappa shape index (κ2) is 8.02. The summed E-state index contributed by atoms with van der Waals surface area (Å²) in [6.07, 6.45) is 2.41. The summed E-state index contributed by atoms with van der Waals surface area (Å²) >= 11 is 5.88. The highest BCUT2D eigenvalue weighted by Crippen LogP contribution is 2.25. The van der Waals surface area contributed by atoms with E-state index < -0.39 is 29.7 Å². The molecule has 0 amide bonds. The van der Waals surface area contributed by atoms with Crippen molar-refractivity contribution in [3.63, 3.8) is 0 Å². The van der Waals surface area contributed by atoms with Crippen molar-refractivity contribution in [3.05, 3.63) is 51.8 Å². The number of halogens is 3. The number of esters is 1. The van der Waals surface area contributed by atoms with Crippen molar-refractivity contribution < 1.29 is 18.3 Å². The van der Waals surface area contributed by atoms with E-state index in [1.54, 1.807) is 0 Å². The Bertz CT molecular complexity index is 799. The van der Waals surface area contributed by atoms with Crippen LogP contribution < -0.4 is 10.9 Å². The van der Waals surface area contributed by atoms with Crippen LogP contribution in [0.5, 0.6) is 0 Å². The average Bonchev–Trinajstić information content (AvgIpc) is 2.57. The lowest BCUT2D eigenvalue weighted by Crippen LogP contribution is -2.32. The molecule has 1 N–H and O–H groups in total. The quantitative estimate of drug-likeness (QED) is 0.749. The fraction of sp³-hybridized carbons (Fsp3) is 0.333. The molecule has 0 atom stereocenters. The maximum Gasteiger partial charge on any atom is 0.306 e. The summed E-state index contributed by atoms with van der Waals surface area (Å²) in [5.41, 5.74) is -1.12. The Hall–Kier alpha value is -2.55. The van der Waals surface area contributed by atoms with Gasteiger partial charge in [-0.3, -0.25) is 19.1 Å². The summed E-state index contributed by atoms with van der Waals surface area (Å²) in [5.74, 6) is -4.09. The maximum atomic E-state index is 14.1. The third-order valence-corrected chi connectivity index (χ3v) is 3.45. The van der Waals surface area contributed by atoms with Gasteiger partial charge in [0.2, 0.25) is 0 Å². The fourth-order valence-electron chi connectivity index (χ4n) is 1.94. The van der Waals surface area contributed by atoms with E-state index in [0.717, 1.165) is 10.8 Å². The highest BCUT2D eigenvalue weighted by molar-refractivity contribution is 6.29. The second-order valence-electron chi connectivity index (χ2n) is 5.00. The Morgan fingerprint density at radius 2 is 2.16 bits per heavy atom. The average molecular weight is 373 g/mol. The van der Waals surface area contributed by atoms with Crippen molar-refractivity contribution >= 4 is 23.4 Å². The zero-order valence-corrected chi connectivity index (χ0v) is 14.0. The second-order valence-corrected chi connectivity index (χ2v) is 5.39. The number of ether oxygens (including phenoxy) is 1. The van der Waals surface area contributed by atoms with E-state index in [4.69, 9.17) is 16.3 Å². The molecule has 25 heavy (non-hydrogen) atoms.